The van der Waals surface area contributed by atoms with Gasteiger partial charge in [0, 0.05) is 18.0 Å². The number of rotatable bonds is 5. The van der Waals surface area contributed by atoms with Crippen molar-refractivity contribution >= 4 is 5.91 Å². The maximum absolute atomic E-state index is 11.7. The van der Waals surface area contributed by atoms with Gasteiger partial charge in [-0.3, -0.25) is 4.79 Å². The van der Waals surface area contributed by atoms with Gasteiger partial charge in [-0.15, -0.1) is 0 Å². The molecule has 2 aromatic carbocycles. The van der Waals surface area contributed by atoms with Gasteiger partial charge in [-0.25, -0.2) is 0 Å². The van der Waals surface area contributed by atoms with E-state index >= 15 is 0 Å². The Morgan fingerprint density at radius 2 is 1.78 bits per heavy atom. The minimum absolute atomic E-state index is 0.283. The minimum Gasteiger partial charge on any atom is -0.493 e. The van der Waals surface area contributed by atoms with Crippen LogP contribution in [0.15, 0.2) is 48.5 Å². The molecule has 0 aromatic heterocycles. The molecule has 0 spiro atoms. The fraction of sp³-hybridized carbons (Fsp3) is 0.211. The highest BCUT2D eigenvalue weighted by atomic mass is 16.5. The van der Waals surface area contributed by atoms with Gasteiger partial charge in [-0.1, -0.05) is 30.2 Å². The monoisotopic (exact) mass is 309 g/mol. The summed E-state index contributed by atoms with van der Waals surface area (Å²) in [6, 6.07) is 15.1. The van der Waals surface area contributed by atoms with E-state index in [9.17, 15) is 4.79 Å². The van der Waals surface area contributed by atoms with E-state index in [0.29, 0.717) is 24.5 Å². The molecular formula is C19H19NO3. The zero-order valence-electron chi connectivity index (χ0n) is 13.3. The van der Waals surface area contributed by atoms with Crippen LogP contribution in [0.1, 0.15) is 11.1 Å². The molecular weight excluding hydrogens is 290 g/mol. The molecule has 1 N–H and O–H groups in total. The SMILES string of the molecule is COc1ccc(CCNC(=O)C#Cc2ccccc2)cc1OC. The number of hydrogen-bond acceptors (Lipinski definition) is 3. The van der Waals surface area contributed by atoms with Gasteiger partial charge in [0.2, 0.25) is 0 Å². The zero-order chi connectivity index (χ0) is 16.5. The molecule has 0 saturated carbocycles. The first-order valence-corrected chi connectivity index (χ1v) is 7.28. The summed E-state index contributed by atoms with van der Waals surface area (Å²) in [5.74, 6) is 6.50. The molecule has 0 fully saturated rings. The number of benzene rings is 2. The van der Waals surface area contributed by atoms with E-state index in [-0.39, 0.29) is 5.91 Å². The quantitative estimate of drug-likeness (QED) is 0.863. The number of ether oxygens (including phenoxy) is 2. The maximum Gasteiger partial charge on any atom is 0.296 e. The van der Waals surface area contributed by atoms with Crippen LogP contribution in [0, 0.1) is 11.8 Å². The Hall–Kier alpha value is -2.93. The Bertz CT molecular complexity index is 714. The van der Waals surface area contributed by atoms with Crippen LogP contribution in [0.4, 0.5) is 0 Å². The third-order valence-electron chi connectivity index (χ3n) is 3.24. The van der Waals surface area contributed by atoms with Crippen molar-refractivity contribution in [3.63, 3.8) is 0 Å². The topological polar surface area (TPSA) is 47.6 Å². The second kappa shape index (κ2) is 8.50. The molecule has 1 amide bonds. The Balaban J connectivity index is 1.85. The van der Waals surface area contributed by atoms with E-state index in [1.54, 1.807) is 14.2 Å². The molecule has 4 heteroatoms. The second-order valence-electron chi connectivity index (χ2n) is 4.81. The number of methoxy groups -OCH3 is 2. The van der Waals surface area contributed by atoms with Crippen LogP contribution >= 0.6 is 0 Å². The predicted octanol–water partition coefficient (Wildman–Crippen LogP) is 2.41. The van der Waals surface area contributed by atoms with Crippen molar-refractivity contribution < 1.29 is 14.3 Å². The Morgan fingerprint density at radius 1 is 1.04 bits per heavy atom. The number of nitrogens with one attached hydrogen (secondary N) is 1. The van der Waals surface area contributed by atoms with Gasteiger partial charge >= 0.3 is 0 Å². The maximum atomic E-state index is 11.7. The summed E-state index contributed by atoms with van der Waals surface area (Å²) >= 11 is 0. The third-order valence-corrected chi connectivity index (χ3v) is 3.24. The van der Waals surface area contributed by atoms with Crippen molar-refractivity contribution in [2.45, 2.75) is 6.42 Å². The summed E-state index contributed by atoms with van der Waals surface area (Å²) in [6.07, 6.45) is 0.694. The highest BCUT2D eigenvalue weighted by molar-refractivity contribution is 5.94. The summed E-state index contributed by atoms with van der Waals surface area (Å²) in [6.45, 7) is 0.512. The fourth-order valence-corrected chi connectivity index (χ4v) is 2.05. The van der Waals surface area contributed by atoms with E-state index in [0.717, 1.165) is 11.1 Å². The van der Waals surface area contributed by atoms with Crippen LogP contribution in [-0.2, 0) is 11.2 Å². The first-order valence-electron chi connectivity index (χ1n) is 7.28. The standard InChI is InChI=1S/C19H19NO3/c1-22-17-10-8-16(14-18(17)23-2)12-13-20-19(21)11-9-15-6-4-3-5-7-15/h3-8,10,14H,12-13H2,1-2H3,(H,20,21). The van der Waals surface area contributed by atoms with Crippen LogP contribution in [0.5, 0.6) is 11.5 Å². The minimum atomic E-state index is -0.283. The van der Waals surface area contributed by atoms with E-state index < -0.39 is 0 Å². The van der Waals surface area contributed by atoms with Gasteiger partial charge in [0.15, 0.2) is 11.5 Å². The van der Waals surface area contributed by atoms with E-state index in [4.69, 9.17) is 9.47 Å². The molecule has 0 radical (unpaired) electrons. The van der Waals surface area contributed by atoms with Crippen molar-refractivity contribution in [2.75, 3.05) is 20.8 Å². The highest BCUT2D eigenvalue weighted by Crippen LogP contribution is 2.27. The molecule has 2 aromatic rings. The van der Waals surface area contributed by atoms with E-state index in [2.05, 4.69) is 17.2 Å². The summed E-state index contributed by atoms with van der Waals surface area (Å²) in [5.41, 5.74) is 1.88. The molecule has 0 aliphatic heterocycles. The van der Waals surface area contributed by atoms with Gasteiger partial charge in [0.1, 0.15) is 0 Å². The molecule has 0 heterocycles. The lowest BCUT2D eigenvalue weighted by atomic mass is 10.1. The molecule has 2 rings (SSSR count). The molecule has 118 valence electrons. The summed E-state index contributed by atoms with van der Waals surface area (Å²) in [5, 5.41) is 2.78. The van der Waals surface area contributed by atoms with Gasteiger partial charge in [0.05, 0.1) is 14.2 Å². The lowest BCUT2D eigenvalue weighted by molar-refractivity contribution is -0.115. The van der Waals surface area contributed by atoms with E-state index in [1.807, 2.05) is 48.5 Å². The largest absolute Gasteiger partial charge is 0.493 e. The number of carbonyl (C=O) groups is 1. The lowest BCUT2D eigenvalue weighted by Gasteiger charge is -2.09. The second-order valence-corrected chi connectivity index (χ2v) is 4.81. The molecule has 0 atom stereocenters. The van der Waals surface area contributed by atoms with Crippen molar-refractivity contribution in [2.24, 2.45) is 0 Å². The molecule has 0 unspecified atom stereocenters. The summed E-state index contributed by atoms with van der Waals surface area (Å²) in [7, 11) is 3.20. The number of amides is 1. The number of hydrogen-bond donors (Lipinski definition) is 1. The normalized spacial score (nSPS) is 9.48. The third kappa shape index (κ3) is 5.08. The molecule has 0 aliphatic rings. The average molecular weight is 309 g/mol. The lowest BCUT2D eigenvalue weighted by Crippen LogP contribution is -2.24. The van der Waals surface area contributed by atoms with Crippen molar-refractivity contribution in [1.82, 2.24) is 5.32 Å². The van der Waals surface area contributed by atoms with Crippen LogP contribution in [0.3, 0.4) is 0 Å². The van der Waals surface area contributed by atoms with Crippen LogP contribution in [0.2, 0.25) is 0 Å². The fourth-order valence-electron chi connectivity index (χ4n) is 2.05. The smallest absolute Gasteiger partial charge is 0.296 e. The van der Waals surface area contributed by atoms with Crippen LogP contribution in [0.25, 0.3) is 0 Å². The predicted molar refractivity (Wildman–Crippen MR) is 89.6 cm³/mol. The molecule has 0 aliphatic carbocycles. The first-order chi connectivity index (χ1) is 11.2. The van der Waals surface area contributed by atoms with Crippen LogP contribution < -0.4 is 14.8 Å². The first kappa shape index (κ1) is 16.4. The summed E-state index contributed by atoms with van der Waals surface area (Å²) < 4.78 is 10.5. The van der Waals surface area contributed by atoms with Gasteiger partial charge in [0.25, 0.3) is 5.91 Å². The van der Waals surface area contributed by atoms with Gasteiger partial charge in [-0.2, -0.15) is 0 Å². The van der Waals surface area contributed by atoms with Crippen molar-refractivity contribution in [3.05, 3.63) is 59.7 Å². The van der Waals surface area contributed by atoms with Crippen molar-refractivity contribution in [3.8, 4) is 23.3 Å². The molecule has 0 saturated heterocycles. The van der Waals surface area contributed by atoms with E-state index in [1.165, 1.54) is 0 Å². The summed E-state index contributed by atoms with van der Waals surface area (Å²) in [4.78, 5) is 11.7. The van der Waals surface area contributed by atoms with Gasteiger partial charge in [-0.05, 0) is 36.2 Å². The average Bonchev–Trinajstić information content (AvgIpc) is 2.60. The molecule has 23 heavy (non-hydrogen) atoms. The Morgan fingerprint density at radius 3 is 2.48 bits per heavy atom. The Labute approximate surface area is 136 Å². The molecule has 0 bridgehead atoms. The van der Waals surface area contributed by atoms with Crippen LogP contribution in [-0.4, -0.2) is 26.7 Å². The Kier molecular flexibility index (Phi) is 6.07. The van der Waals surface area contributed by atoms with Gasteiger partial charge < -0.3 is 14.8 Å². The zero-order valence-corrected chi connectivity index (χ0v) is 13.3. The molecule has 4 nitrogen and oxygen atoms in total. The number of carbonyl (C=O) groups excluding carboxylic acids is 1. The van der Waals surface area contributed by atoms with Crippen molar-refractivity contribution in [1.29, 1.82) is 0 Å². The highest BCUT2D eigenvalue weighted by Gasteiger charge is 2.04.